The van der Waals surface area contributed by atoms with Crippen molar-refractivity contribution >= 4 is 8.48 Å². The van der Waals surface area contributed by atoms with Gasteiger partial charge in [0.1, 0.15) is 0 Å². The van der Waals surface area contributed by atoms with Crippen LogP contribution in [0.4, 0.5) is 0 Å². The molecular weight excluding hydrogens is 142 g/mol. The highest BCUT2D eigenvalue weighted by molar-refractivity contribution is 6.76. The average Bonchev–Trinajstić information content (AvgIpc) is 1.91. The summed E-state index contributed by atoms with van der Waals surface area (Å²) < 4.78 is 5.58. The molecule has 0 aromatic heterocycles. The molecule has 1 N–H and O–H groups in total. The van der Waals surface area contributed by atoms with Gasteiger partial charge in [0.05, 0.1) is 0 Å². The third-order valence-corrected chi connectivity index (χ3v) is 7.76. The second-order valence-corrected chi connectivity index (χ2v) is 7.75. The van der Waals surface area contributed by atoms with Gasteiger partial charge in [-0.3, -0.25) is 0 Å². The molecule has 2 nitrogen and oxygen atoms in total. The molecule has 0 spiro atoms. The molecule has 1 saturated heterocycles. The van der Waals surface area contributed by atoms with Crippen molar-refractivity contribution in [2.24, 2.45) is 0 Å². The van der Waals surface area contributed by atoms with Crippen LogP contribution in [-0.2, 0) is 4.43 Å². The highest BCUT2D eigenvalue weighted by Crippen LogP contribution is 2.48. The predicted molar refractivity (Wildman–Crippen MR) is 45.3 cm³/mol. The average molecular weight is 159 g/mol. The SMILES string of the molecule is CN[Si]1(OC)C(C)CC1C. The molecule has 0 bridgehead atoms. The highest BCUT2D eigenvalue weighted by Gasteiger charge is 2.53. The Morgan fingerprint density at radius 1 is 1.40 bits per heavy atom. The summed E-state index contributed by atoms with van der Waals surface area (Å²) in [5.74, 6) is 0. The maximum atomic E-state index is 5.58. The minimum absolute atomic E-state index is 0.789. The summed E-state index contributed by atoms with van der Waals surface area (Å²) in [5.41, 5.74) is 1.58. The third-order valence-electron chi connectivity index (χ3n) is 2.90. The first kappa shape index (κ1) is 8.24. The number of nitrogens with one attached hydrogen (secondary N) is 1. The molecule has 1 rings (SSSR count). The molecule has 1 fully saturated rings. The van der Waals surface area contributed by atoms with Crippen LogP contribution in [0, 0.1) is 0 Å². The van der Waals surface area contributed by atoms with Gasteiger partial charge in [-0.2, -0.15) is 0 Å². The maximum Gasteiger partial charge on any atom is 0.273 e. The van der Waals surface area contributed by atoms with Crippen molar-refractivity contribution < 1.29 is 4.43 Å². The lowest BCUT2D eigenvalue weighted by Gasteiger charge is -2.49. The fraction of sp³-hybridized carbons (Fsp3) is 1.00. The topological polar surface area (TPSA) is 21.3 Å². The molecule has 0 radical (unpaired) electrons. The molecule has 1 aliphatic rings. The molecule has 3 heteroatoms. The van der Waals surface area contributed by atoms with Crippen LogP contribution in [-0.4, -0.2) is 22.6 Å². The van der Waals surface area contributed by atoms with Crippen molar-refractivity contribution in [1.82, 2.24) is 4.98 Å². The standard InChI is InChI=1S/C7H17NOSi/c1-6-5-7(2)10(6,8-3)9-4/h6-8H,5H2,1-4H3. The van der Waals surface area contributed by atoms with Crippen molar-refractivity contribution in [1.29, 1.82) is 0 Å². The summed E-state index contributed by atoms with van der Waals surface area (Å²) in [6.45, 7) is 4.57. The molecule has 2 atom stereocenters. The molecule has 0 saturated carbocycles. The van der Waals surface area contributed by atoms with Crippen molar-refractivity contribution in [3.05, 3.63) is 0 Å². The second-order valence-electron chi connectivity index (χ2n) is 3.29. The van der Waals surface area contributed by atoms with Crippen LogP contribution in [0.3, 0.4) is 0 Å². The van der Waals surface area contributed by atoms with E-state index in [1.54, 1.807) is 0 Å². The van der Waals surface area contributed by atoms with E-state index in [1.165, 1.54) is 6.42 Å². The van der Waals surface area contributed by atoms with Gasteiger partial charge in [0.15, 0.2) is 0 Å². The van der Waals surface area contributed by atoms with Crippen molar-refractivity contribution in [3.63, 3.8) is 0 Å². The van der Waals surface area contributed by atoms with Gasteiger partial charge in [0, 0.05) is 7.11 Å². The minimum Gasteiger partial charge on any atom is -0.406 e. The quantitative estimate of drug-likeness (QED) is 0.616. The van der Waals surface area contributed by atoms with E-state index < -0.39 is 8.48 Å². The Balaban J connectivity index is 2.61. The predicted octanol–water partition coefficient (Wildman–Crippen LogP) is 1.48. The molecule has 0 aliphatic carbocycles. The van der Waals surface area contributed by atoms with E-state index in [0.29, 0.717) is 0 Å². The van der Waals surface area contributed by atoms with E-state index in [-0.39, 0.29) is 0 Å². The van der Waals surface area contributed by atoms with Crippen LogP contribution < -0.4 is 4.98 Å². The Kier molecular flexibility index (Phi) is 2.17. The first-order valence-electron chi connectivity index (χ1n) is 3.91. The van der Waals surface area contributed by atoms with E-state index in [0.717, 1.165) is 11.1 Å². The Morgan fingerprint density at radius 2 is 1.90 bits per heavy atom. The van der Waals surface area contributed by atoms with E-state index in [2.05, 4.69) is 18.8 Å². The summed E-state index contributed by atoms with van der Waals surface area (Å²) >= 11 is 0. The van der Waals surface area contributed by atoms with Crippen LogP contribution in [0.2, 0.25) is 11.1 Å². The van der Waals surface area contributed by atoms with Gasteiger partial charge < -0.3 is 9.41 Å². The molecule has 1 aliphatic heterocycles. The molecule has 10 heavy (non-hydrogen) atoms. The van der Waals surface area contributed by atoms with Crippen molar-refractivity contribution in [3.8, 4) is 0 Å². The zero-order valence-electron chi connectivity index (χ0n) is 7.27. The summed E-state index contributed by atoms with van der Waals surface area (Å²) in [4.78, 5) is 3.38. The van der Waals surface area contributed by atoms with Gasteiger partial charge in [-0.1, -0.05) is 13.8 Å². The smallest absolute Gasteiger partial charge is 0.273 e. The molecule has 1 heterocycles. The van der Waals surface area contributed by atoms with Crippen LogP contribution in [0.1, 0.15) is 20.3 Å². The summed E-state index contributed by atoms with van der Waals surface area (Å²) in [6.07, 6.45) is 1.33. The number of hydrogen-bond acceptors (Lipinski definition) is 2. The first-order chi connectivity index (χ1) is 4.67. The lowest BCUT2D eigenvalue weighted by Crippen LogP contribution is -2.63. The summed E-state index contributed by atoms with van der Waals surface area (Å²) in [5, 5.41) is 0. The van der Waals surface area contributed by atoms with Crippen LogP contribution in [0.25, 0.3) is 0 Å². The monoisotopic (exact) mass is 159 g/mol. The Morgan fingerprint density at radius 3 is 2.00 bits per heavy atom. The largest absolute Gasteiger partial charge is 0.406 e. The van der Waals surface area contributed by atoms with Crippen molar-refractivity contribution in [2.45, 2.75) is 31.4 Å². The van der Waals surface area contributed by atoms with Gasteiger partial charge in [0.2, 0.25) is 0 Å². The van der Waals surface area contributed by atoms with Gasteiger partial charge in [-0.15, -0.1) is 0 Å². The van der Waals surface area contributed by atoms with Crippen LogP contribution in [0.5, 0.6) is 0 Å². The van der Waals surface area contributed by atoms with Crippen LogP contribution >= 0.6 is 0 Å². The Hall–Kier alpha value is 0.137. The molecular formula is C7H17NOSi. The second kappa shape index (κ2) is 2.64. The summed E-state index contributed by atoms with van der Waals surface area (Å²) in [6, 6.07) is 0. The molecule has 0 aromatic carbocycles. The normalized spacial score (nSPS) is 46.8. The first-order valence-corrected chi connectivity index (χ1v) is 5.97. The lowest BCUT2D eigenvalue weighted by molar-refractivity contribution is 0.315. The summed E-state index contributed by atoms with van der Waals surface area (Å²) in [7, 11) is 2.42. The number of hydrogen-bond donors (Lipinski definition) is 1. The lowest BCUT2D eigenvalue weighted by atomic mass is 10.2. The zero-order valence-corrected chi connectivity index (χ0v) is 8.27. The van der Waals surface area contributed by atoms with Gasteiger partial charge >= 0.3 is 0 Å². The molecule has 2 unspecified atom stereocenters. The minimum atomic E-state index is -1.45. The van der Waals surface area contributed by atoms with Crippen molar-refractivity contribution in [2.75, 3.05) is 14.2 Å². The van der Waals surface area contributed by atoms with E-state index in [4.69, 9.17) is 4.43 Å². The van der Waals surface area contributed by atoms with E-state index in [9.17, 15) is 0 Å². The molecule has 60 valence electrons. The number of rotatable bonds is 2. The maximum absolute atomic E-state index is 5.58. The fourth-order valence-electron chi connectivity index (χ4n) is 2.20. The van der Waals surface area contributed by atoms with E-state index >= 15 is 0 Å². The highest BCUT2D eigenvalue weighted by atomic mass is 28.4. The van der Waals surface area contributed by atoms with E-state index in [1.807, 2.05) is 14.2 Å². The molecule has 0 amide bonds. The van der Waals surface area contributed by atoms with Gasteiger partial charge in [-0.25, -0.2) is 0 Å². The third kappa shape index (κ3) is 0.846. The van der Waals surface area contributed by atoms with Crippen LogP contribution in [0.15, 0.2) is 0 Å². The molecule has 0 aromatic rings. The Bertz CT molecular complexity index is 115. The van der Waals surface area contributed by atoms with Gasteiger partial charge in [-0.05, 0) is 24.6 Å². The van der Waals surface area contributed by atoms with Gasteiger partial charge in [0.25, 0.3) is 8.48 Å². The fourth-order valence-corrected chi connectivity index (χ4v) is 6.14. The Labute approximate surface area is 64.2 Å². The zero-order chi connectivity index (χ0) is 7.78.